The van der Waals surface area contributed by atoms with Crippen molar-refractivity contribution >= 4 is 53.4 Å². The van der Waals surface area contributed by atoms with Crippen LogP contribution in [-0.2, 0) is 0 Å². The summed E-state index contributed by atoms with van der Waals surface area (Å²) in [7, 11) is 0. The molecule has 0 unspecified atom stereocenters. The van der Waals surface area contributed by atoms with E-state index < -0.39 is 0 Å². The van der Waals surface area contributed by atoms with Crippen molar-refractivity contribution in [1.82, 2.24) is 15.0 Å². The molecule has 0 atom stereocenters. The van der Waals surface area contributed by atoms with Gasteiger partial charge in [0.05, 0.1) is 0 Å². The Bertz CT molecular complexity index is 3240. The molecular formula is C51H31N3OS. The van der Waals surface area contributed by atoms with Crippen LogP contribution in [0.25, 0.3) is 110 Å². The third-order valence-electron chi connectivity index (χ3n) is 10.6. The van der Waals surface area contributed by atoms with E-state index in [9.17, 15) is 0 Å². The third kappa shape index (κ3) is 5.65. The highest BCUT2D eigenvalue weighted by atomic mass is 32.1. The average molecular weight is 734 g/mol. The first-order chi connectivity index (χ1) is 27.7. The Labute approximate surface area is 327 Å². The van der Waals surface area contributed by atoms with Crippen molar-refractivity contribution in [1.29, 1.82) is 0 Å². The van der Waals surface area contributed by atoms with Crippen LogP contribution >= 0.6 is 11.3 Å². The van der Waals surface area contributed by atoms with Gasteiger partial charge in [-0.3, -0.25) is 0 Å². The predicted molar refractivity (Wildman–Crippen MR) is 233 cm³/mol. The van der Waals surface area contributed by atoms with Crippen molar-refractivity contribution < 1.29 is 4.42 Å². The Morgan fingerprint density at radius 1 is 0.321 bits per heavy atom. The zero-order valence-corrected chi connectivity index (χ0v) is 30.9. The second-order valence-corrected chi connectivity index (χ2v) is 15.1. The van der Waals surface area contributed by atoms with Crippen molar-refractivity contribution in [3.05, 3.63) is 188 Å². The molecule has 0 saturated heterocycles. The molecule has 0 saturated carbocycles. The summed E-state index contributed by atoms with van der Waals surface area (Å²) in [5.41, 5.74) is 11.3. The van der Waals surface area contributed by atoms with Crippen LogP contribution in [0.3, 0.4) is 0 Å². The first-order valence-electron chi connectivity index (χ1n) is 18.7. The molecule has 4 nitrogen and oxygen atoms in total. The minimum Gasteiger partial charge on any atom is -0.456 e. The first kappa shape index (κ1) is 32.2. The molecule has 5 heteroatoms. The Morgan fingerprint density at radius 3 is 1.55 bits per heavy atom. The van der Waals surface area contributed by atoms with Crippen LogP contribution in [0.15, 0.2) is 192 Å². The lowest BCUT2D eigenvalue weighted by Crippen LogP contribution is -2.00. The number of thiophene rings is 1. The maximum atomic E-state index is 6.60. The van der Waals surface area contributed by atoms with E-state index in [2.05, 4.69) is 146 Å². The van der Waals surface area contributed by atoms with E-state index in [0.717, 1.165) is 55.3 Å². The zero-order valence-electron chi connectivity index (χ0n) is 30.1. The number of hydrogen-bond donors (Lipinski definition) is 0. The molecule has 0 aliphatic carbocycles. The highest BCUT2D eigenvalue weighted by Crippen LogP contribution is 2.41. The van der Waals surface area contributed by atoms with Gasteiger partial charge in [-0.25, -0.2) is 15.0 Å². The fourth-order valence-electron chi connectivity index (χ4n) is 7.77. The van der Waals surface area contributed by atoms with Crippen LogP contribution in [0.1, 0.15) is 0 Å². The Morgan fingerprint density at radius 2 is 0.804 bits per heavy atom. The normalized spacial score (nSPS) is 11.6. The Kier molecular flexibility index (Phi) is 7.64. The summed E-state index contributed by atoms with van der Waals surface area (Å²) in [6, 6.07) is 65.7. The van der Waals surface area contributed by atoms with Crippen molar-refractivity contribution in [2.75, 3.05) is 0 Å². The monoisotopic (exact) mass is 733 g/mol. The van der Waals surface area contributed by atoms with Crippen molar-refractivity contribution in [3.8, 4) is 67.5 Å². The summed E-state index contributed by atoms with van der Waals surface area (Å²) < 4.78 is 9.22. The topological polar surface area (TPSA) is 51.8 Å². The van der Waals surface area contributed by atoms with Gasteiger partial charge in [0, 0.05) is 47.6 Å². The number of hydrogen-bond acceptors (Lipinski definition) is 5. The lowest BCUT2D eigenvalue weighted by Gasteiger charge is -2.09. The number of rotatable bonds is 6. The fraction of sp³-hybridized carbons (Fsp3) is 0. The van der Waals surface area contributed by atoms with E-state index in [0.29, 0.717) is 17.5 Å². The molecule has 8 aromatic carbocycles. The van der Waals surface area contributed by atoms with Crippen LogP contribution in [0.5, 0.6) is 0 Å². The molecule has 0 N–H and O–H groups in total. The third-order valence-corrected chi connectivity index (χ3v) is 11.7. The second-order valence-electron chi connectivity index (χ2n) is 14.0. The van der Waals surface area contributed by atoms with E-state index in [-0.39, 0.29) is 0 Å². The minimum atomic E-state index is 0.592. The summed E-state index contributed by atoms with van der Waals surface area (Å²) >= 11 is 1.85. The van der Waals surface area contributed by atoms with Crippen LogP contribution in [0.2, 0.25) is 0 Å². The van der Waals surface area contributed by atoms with Gasteiger partial charge < -0.3 is 4.42 Å². The molecule has 0 aliphatic heterocycles. The average Bonchev–Trinajstić information content (AvgIpc) is 3.85. The van der Waals surface area contributed by atoms with Gasteiger partial charge in [0.15, 0.2) is 17.5 Å². The van der Waals surface area contributed by atoms with Gasteiger partial charge in [-0.1, -0.05) is 146 Å². The van der Waals surface area contributed by atoms with E-state index in [4.69, 9.17) is 19.4 Å². The molecule has 262 valence electrons. The van der Waals surface area contributed by atoms with Crippen LogP contribution in [0, 0.1) is 0 Å². The number of nitrogens with zero attached hydrogens (tertiary/aromatic N) is 3. The van der Waals surface area contributed by atoms with Gasteiger partial charge in [-0.15, -0.1) is 11.3 Å². The van der Waals surface area contributed by atoms with Gasteiger partial charge in [-0.2, -0.15) is 0 Å². The van der Waals surface area contributed by atoms with Gasteiger partial charge in [0.1, 0.15) is 11.2 Å². The smallest absolute Gasteiger partial charge is 0.164 e. The molecule has 0 amide bonds. The van der Waals surface area contributed by atoms with Crippen LogP contribution < -0.4 is 0 Å². The first-order valence-corrected chi connectivity index (χ1v) is 19.5. The van der Waals surface area contributed by atoms with Gasteiger partial charge in [0.2, 0.25) is 0 Å². The molecule has 0 bridgehead atoms. The summed E-state index contributed by atoms with van der Waals surface area (Å²) in [4.78, 5) is 14.9. The van der Waals surface area contributed by atoms with Crippen molar-refractivity contribution in [3.63, 3.8) is 0 Å². The summed E-state index contributed by atoms with van der Waals surface area (Å²) in [6.45, 7) is 0. The fourth-order valence-corrected chi connectivity index (χ4v) is 8.90. The van der Waals surface area contributed by atoms with Crippen molar-refractivity contribution in [2.24, 2.45) is 0 Å². The molecule has 0 spiro atoms. The lowest BCUT2D eigenvalue weighted by molar-refractivity contribution is 0.669. The molecule has 56 heavy (non-hydrogen) atoms. The Balaban J connectivity index is 0.970. The maximum Gasteiger partial charge on any atom is 0.164 e. The number of furan rings is 1. The molecule has 0 aliphatic rings. The van der Waals surface area contributed by atoms with Crippen LogP contribution in [0.4, 0.5) is 0 Å². The van der Waals surface area contributed by atoms with Gasteiger partial charge in [-0.05, 0) is 75.8 Å². The van der Waals surface area contributed by atoms with Crippen molar-refractivity contribution in [2.45, 2.75) is 0 Å². The second kappa shape index (κ2) is 13.3. The number of fused-ring (bicyclic) bond motifs is 6. The lowest BCUT2D eigenvalue weighted by atomic mass is 9.95. The number of benzene rings is 8. The zero-order chi connectivity index (χ0) is 37.0. The largest absolute Gasteiger partial charge is 0.456 e. The molecular weight excluding hydrogens is 703 g/mol. The number of aromatic nitrogens is 3. The predicted octanol–water partition coefficient (Wildman–Crippen LogP) is 14.1. The van der Waals surface area contributed by atoms with E-state index >= 15 is 0 Å². The van der Waals surface area contributed by atoms with E-state index in [1.807, 2.05) is 53.8 Å². The van der Waals surface area contributed by atoms with Crippen LogP contribution in [-0.4, -0.2) is 15.0 Å². The summed E-state index contributed by atoms with van der Waals surface area (Å²) in [5, 5.41) is 4.74. The summed E-state index contributed by atoms with van der Waals surface area (Å²) in [5.74, 6) is 1.83. The SMILES string of the molecule is c1ccc(-c2ccc(-c3nc(-c4ccccc4)nc(-c4ccc5c(c4)oc4cc(-c6cccc(-c7cccc8sc9ccccc9c78)c6)ccc45)n3)cc2)cc1. The van der Waals surface area contributed by atoms with E-state index in [1.54, 1.807) is 0 Å². The molecule has 3 heterocycles. The van der Waals surface area contributed by atoms with Gasteiger partial charge >= 0.3 is 0 Å². The minimum absolute atomic E-state index is 0.592. The molecule has 3 aromatic heterocycles. The summed E-state index contributed by atoms with van der Waals surface area (Å²) in [6.07, 6.45) is 0. The quantitative estimate of drug-likeness (QED) is 0.171. The molecule has 11 rings (SSSR count). The maximum absolute atomic E-state index is 6.60. The van der Waals surface area contributed by atoms with E-state index in [1.165, 1.54) is 36.9 Å². The molecule has 0 fully saturated rings. The standard InChI is InChI=1S/C51H31N3OS/c1-3-11-32(12-4-1)33-21-23-35(24-22-33)50-52-49(34-13-5-2-6-14-34)53-51(54-50)39-26-28-42-41-27-25-37(30-44(41)55-45(42)31-39)36-15-9-16-38(29-36)40-18-10-20-47-48(40)43-17-7-8-19-46(43)56-47/h1-31H. The van der Waals surface area contributed by atoms with Gasteiger partial charge in [0.25, 0.3) is 0 Å². The highest BCUT2D eigenvalue weighted by molar-refractivity contribution is 7.25. The highest BCUT2D eigenvalue weighted by Gasteiger charge is 2.16. The molecule has 11 aromatic rings. The Hall–Kier alpha value is -7.21. The molecule has 0 radical (unpaired) electrons.